The van der Waals surface area contributed by atoms with Crippen LogP contribution in [-0.4, -0.2) is 35.3 Å². The van der Waals surface area contributed by atoms with Crippen LogP contribution in [0.3, 0.4) is 0 Å². The van der Waals surface area contributed by atoms with Gasteiger partial charge in [-0.3, -0.25) is 4.79 Å². The average Bonchev–Trinajstić information content (AvgIpc) is 2.09. The fourth-order valence-corrected chi connectivity index (χ4v) is 2.05. The van der Waals surface area contributed by atoms with E-state index in [0.717, 1.165) is 11.8 Å². The second-order valence-electron chi connectivity index (χ2n) is 3.15. The maximum atomic E-state index is 12.1. The molecule has 0 aliphatic rings. The molecule has 0 aromatic carbocycles. The summed E-state index contributed by atoms with van der Waals surface area (Å²) in [5, 5.41) is -0.0698. The number of thiol groups is 1. The van der Waals surface area contributed by atoms with Crippen molar-refractivity contribution in [1.82, 2.24) is 4.90 Å². The first-order chi connectivity index (χ1) is 6.80. The number of carbonyl (C=O) groups excluding carboxylic acids is 1. The molecule has 1 atom stereocenters. The maximum absolute atomic E-state index is 12.1. The molecule has 0 saturated carbocycles. The van der Waals surface area contributed by atoms with Crippen LogP contribution in [0.4, 0.5) is 13.2 Å². The Bertz CT molecular complexity index is 207. The highest BCUT2D eigenvalue weighted by molar-refractivity contribution is 8.68. The standard InChI is InChI=1S/C8H14F3NOS2/c1-3-7(15-14)4-12(6(2)13)5-8(9,10)11/h7,14H,3-5H2,1-2H3. The lowest BCUT2D eigenvalue weighted by molar-refractivity contribution is -0.159. The van der Waals surface area contributed by atoms with E-state index in [0.29, 0.717) is 6.42 Å². The molecule has 0 aromatic rings. The summed E-state index contributed by atoms with van der Waals surface area (Å²) in [5.74, 6) is -0.562. The second kappa shape index (κ2) is 6.52. The molecule has 15 heavy (non-hydrogen) atoms. The van der Waals surface area contributed by atoms with Gasteiger partial charge in [-0.2, -0.15) is 13.2 Å². The average molecular weight is 261 g/mol. The zero-order chi connectivity index (χ0) is 12.1. The van der Waals surface area contributed by atoms with Crippen molar-refractivity contribution < 1.29 is 18.0 Å². The van der Waals surface area contributed by atoms with E-state index in [1.54, 1.807) is 0 Å². The fourth-order valence-electron chi connectivity index (χ4n) is 1.00. The van der Waals surface area contributed by atoms with Crippen molar-refractivity contribution in [2.75, 3.05) is 13.1 Å². The molecule has 0 aromatic heterocycles. The molecule has 2 nitrogen and oxygen atoms in total. The van der Waals surface area contributed by atoms with E-state index in [9.17, 15) is 18.0 Å². The molecule has 1 amide bonds. The first-order valence-corrected chi connectivity index (χ1v) is 6.35. The van der Waals surface area contributed by atoms with Crippen LogP contribution >= 0.6 is 22.5 Å². The second-order valence-corrected chi connectivity index (χ2v) is 4.66. The number of carbonyl (C=O) groups is 1. The van der Waals surface area contributed by atoms with E-state index in [2.05, 4.69) is 11.7 Å². The van der Waals surface area contributed by atoms with Crippen molar-refractivity contribution in [2.24, 2.45) is 0 Å². The third-order valence-electron chi connectivity index (χ3n) is 1.84. The van der Waals surface area contributed by atoms with E-state index in [-0.39, 0.29) is 11.8 Å². The van der Waals surface area contributed by atoms with Crippen LogP contribution in [-0.2, 0) is 4.79 Å². The quantitative estimate of drug-likeness (QED) is 0.606. The smallest absolute Gasteiger partial charge is 0.333 e. The Morgan fingerprint density at radius 1 is 1.53 bits per heavy atom. The summed E-state index contributed by atoms with van der Waals surface area (Å²) in [5.41, 5.74) is 0. The van der Waals surface area contributed by atoms with Crippen LogP contribution in [0.2, 0.25) is 0 Å². The van der Waals surface area contributed by atoms with Gasteiger partial charge in [0.15, 0.2) is 0 Å². The molecule has 0 radical (unpaired) electrons. The number of alkyl halides is 3. The van der Waals surface area contributed by atoms with Gasteiger partial charge in [-0.25, -0.2) is 0 Å². The van der Waals surface area contributed by atoms with E-state index >= 15 is 0 Å². The van der Waals surface area contributed by atoms with Crippen molar-refractivity contribution in [1.29, 1.82) is 0 Å². The zero-order valence-electron chi connectivity index (χ0n) is 8.54. The SMILES string of the molecule is CCC(CN(CC(F)(F)F)C(C)=O)SS. The van der Waals surface area contributed by atoms with Crippen LogP contribution in [0.15, 0.2) is 0 Å². The van der Waals surface area contributed by atoms with Gasteiger partial charge in [-0.05, 0) is 6.42 Å². The van der Waals surface area contributed by atoms with Gasteiger partial charge in [0.05, 0.1) is 0 Å². The molecule has 7 heteroatoms. The summed E-state index contributed by atoms with van der Waals surface area (Å²) in [4.78, 5) is 11.8. The fraction of sp³-hybridized carbons (Fsp3) is 0.875. The summed E-state index contributed by atoms with van der Waals surface area (Å²) in [7, 11) is 1.17. The highest BCUT2D eigenvalue weighted by atomic mass is 33.1. The Hall–Kier alpha value is -0.0400. The molecule has 0 saturated heterocycles. The summed E-state index contributed by atoms with van der Waals surface area (Å²) >= 11 is 3.95. The van der Waals surface area contributed by atoms with Gasteiger partial charge < -0.3 is 4.90 Å². The monoisotopic (exact) mass is 261 g/mol. The first kappa shape index (κ1) is 15.0. The minimum Gasteiger partial charge on any atom is -0.333 e. The molecular weight excluding hydrogens is 247 g/mol. The Morgan fingerprint density at radius 2 is 2.07 bits per heavy atom. The summed E-state index contributed by atoms with van der Waals surface area (Å²) < 4.78 is 36.3. The van der Waals surface area contributed by atoms with Gasteiger partial charge in [0.1, 0.15) is 6.54 Å². The van der Waals surface area contributed by atoms with Gasteiger partial charge >= 0.3 is 6.18 Å². The summed E-state index contributed by atoms with van der Waals surface area (Å²) in [6.07, 6.45) is -3.67. The minimum atomic E-state index is -4.34. The molecule has 0 aliphatic heterocycles. The van der Waals surface area contributed by atoms with Crippen molar-refractivity contribution in [2.45, 2.75) is 31.7 Å². The number of nitrogens with zero attached hydrogens (tertiary/aromatic N) is 1. The van der Waals surface area contributed by atoms with Crippen LogP contribution in [0, 0.1) is 0 Å². The van der Waals surface area contributed by atoms with Crippen molar-refractivity contribution in [3.63, 3.8) is 0 Å². The van der Waals surface area contributed by atoms with Crippen LogP contribution in [0.25, 0.3) is 0 Å². The maximum Gasteiger partial charge on any atom is 0.406 e. The number of amides is 1. The van der Waals surface area contributed by atoms with E-state index < -0.39 is 18.6 Å². The van der Waals surface area contributed by atoms with Gasteiger partial charge in [-0.15, -0.1) is 11.7 Å². The lowest BCUT2D eigenvalue weighted by Gasteiger charge is -2.25. The number of halogens is 3. The minimum absolute atomic E-state index is 0.0698. The molecule has 0 spiro atoms. The molecule has 0 aliphatic carbocycles. The Balaban J connectivity index is 4.34. The number of hydrogen-bond acceptors (Lipinski definition) is 3. The van der Waals surface area contributed by atoms with Crippen molar-refractivity contribution in [3.8, 4) is 0 Å². The predicted molar refractivity (Wildman–Crippen MR) is 59.0 cm³/mol. The van der Waals surface area contributed by atoms with Crippen LogP contribution < -0.4 is 0 Å². The third kappa shape index (κ3) is 6.94. The van der Waals surface area contributed by atoms with Crippen molar-refractivity contribution >= 4 is 28.4 Å². The summed E-state index contributed by atoms with van der Waals surface area (Å²) in [6, 6.07) is 0. The number of rotatable bonds is 5. The Morgan fingerprint density at radius 3 is 2.33 bits per heavy atom. The van der Waals surface area contributed by atoms with Gasteiger partial charge in [0.25, 0.3) is 0 Å². The predicted octanol–water partition coefficient (Wildman–Crippen LogP) is 2.75. The largest absolute Gasteiger partial charge is 0.406 e. The first-order valence-electron chi connectivity index (χ1n) is 4.42. The molecular formula is C8H14F3NOS2. The molecule has 90 valence electrons. The lowest BCUT2D eigenvalue weighted by atomic mass is 10.3. The zero-order valence-corrected chi connectivity index (χ0v) is 10.3. The van der Waals surface area contributed by atoms with Gasteiger partial charge in [0.2, 0.25) is 5.91 Å². The highest BCUT2D eigenvalue weighted by Gasteiger charge is 2.32. The van der Waals surface area contributed by atoms with Crippen molar-refractivity contribution in [3.05, 3.63) is 0 Å². The molecule has 0 rings (SSSR count). The lowest BCUT2D eigenvalue weighted by Crippen LogP contribution is -2.41. The molecule has 1 unspecified atom stereocenters. The molecule has 0 N–H and O–H groups in total. The molecule has 0 heterocycles. The van der Waals surface area contributed by atoms with E-state index in [4.69, 9.17) is 0 Å². The topological polar surface area (TPSA) is 20.3 Å². The molecule has 0 bridgehead atoms. The Kier molecular flexibility index (Phi) is 6.51. The molecule has 0 fully saturated rings. The number of hydrogen-bond donors (Lipinski definition) is 1. The van der Waals surface area contributed by atoms with E-state index in [1.165, 1.54) is 10.8 Å². The van der Waals surface area contributed by atoms with Gasteiger partial charge in [0, 0.05) is 18.7 Å². The van der Waals surface area contributed by atoms with Crippen LogP contribution in [0.5, 0.6) is 0 Å². The third-order valence-corrected chi connectivity index (χ3v) is 3.52. The van der Waals surface area contributed by atoms with Crippen LogP contribution in [0.1, 0.15) is 20.3 Å². The van der Waals surface area contributed by atoms with E-state index in [1.807, 2.05) is 6.92 Å². The highest BCUT2D eigenvalue weighted by Crippen LogP contribution is 2.22. The normalized spacial score (nSPS) is 13.7. The van der Waals surface area contributed by atoms with Gasteiger partial charge in [-0.1, -0.05) is 17.7 Å². The summed E-state index contributed by atoms with van der Waals surface area (Å²) in [6.45, 7) is 1.88. The Labute approximate surface area is 96.4 Å².